The van der Waals surface area contributed by atoms with E-state index >= 15 is 0 Å². The zero-order valence-corrected chi connectivity index (χ0v) is 10.8. The van der Waals surface area contributed by atoms with Gasteiger partial charge >= 0.3 is 0 Å². The molecule has 0 heterocycles. The number of hydrogen-bond acceptors (Lipinski definition) is 1. The van der Waals surface area contributed by atoms with E-state index in [2.05, 4.69) is 39.9 Å². The van der Waals surface area contributed by atoms with E-state index in [1.165, 1.54) is 38.6 Å². The molecule has 0 saturated heterocycles. The lowest BCUT2D eigenvalue weighted by Gasteiger charge is -2.29. The Bertz CT molecular complexity index is 129. The molecule has 0 fully saturated rings. The summed E-state index contributed by atoms with van der Waals surface area (Å²) in [6.45, 7) is 12.8. The highest BCUT2D eigenvalue weighted by Crippen LogP contribution is 2.28. The first-order valence-electron chi connectivity index (χ1n) is 6.29. The lowest BCUT2D eigenvalue weighted by atomic mass is 9.81. The molecule has 0 saturated carbocycles. The topological polar surface area (TPSA) is 12.0 Å². The van der Waals surface area contributed by atoms with Crippen molar-refractivity contribution in [1.29, 1.82) is 0 Å². The zero-order chi connectivity index (χ0) is 11.0. The molecule has 1 N–H and O–H groups in total. The van der Waals surface area contributed by atoms with Crippen molar-refractivity contribution in [1.82, 2.24) is 5.32 Å². The molecule has 0 amide bonds. The Hall–Kier alpha value is -0.0400. The summed E-state index contributed by atoms with van der Waals surface area (Å²) in [6.07, 6.45) is 6.46. The van der Waals surface area contributed by atoms with Gasteiger partial charge in [-0.1, -0.05) is 41.0 Å². The largest absolute Gasteiger partial charge is 0.314 e. The second-order valence-corrected chi connectivity index (χ2v) is 5.18. The summed E-state index contributed by atoms with van der Waals surface area (Å²) < 4.78 is 0. The summed E-state index contributed by atoms with van der Waals surface area (Å²) in [5, 5.41) is 3.63. The molecule has 0 aromatic rings. The Morgan fingerprint density at radius 1 is 1.07 bits per heavy atom. The molecule has 14 heavy (non-hydrogen) atoms. The van der Waals surface area contributed by atoms with E-state index in [0.717, 1.165) is 6.04 Å². The van der Waals surface area contributed by atoms with Crippen LogP contribution in [-0.2, 0) is 0 Å². The normalized spacial score (nSPS) is 14.4. The zero-order valence-electron chi connectivity index (χ0n) is 10.8. The van der Waals surface area contributed by atoms with Gasteiger partial charge in [-0.3, -0.25) is 0 Å². The molecular weight excluding hydrogens is 170 g/mol. The molecule has 0 aliphatic rings. The Morgan fingerprint density at radius 3 is 2.14 bits per heavy atom. The van der Waals surface area contributed by atoms with Crippen LogP contribution in [0.15, 0.2) is 0 Å². The molecular formula is C13H29N. The van der Waals surface area contributed by atoms with Gasteiger partial charge in [0, 0.05) is 6.04 Å². The van der Waals surface area contributed by atoms with Crippen molar-refractivity contribution in [3.8, 4) is 0 Å². The highest BCUT2D eigenvalue weighted by atomic mass is 14.9. The molecule has 0 aliphatic heterocycles. The predicted octanol–water partition coefficient (Wildman–Crippen LogP) is 3.98. The maximum absolute atomic E-state index is 3.63. The van der Waals surface area contributed by atoms with Crippen molar-refractivity contribution in [3.05, 3.63) is 0 Å². The molecule has 1 unspecified atom stereocenters. The highest BCUT2D eigenvalue weighted by molar-refractivity contribution is 4.76. The third kappa shape index (κ3) is 6.42. The van der Waals surface area contributed by atoms with Gasteiger partial charge in [0.25, 0.3) is 0 Å². The molecule has 1 atom stereocenters. The molecule has 1 nitrogen and oxygen atoms in total. The van der Waals surface area contributed by atoms with Crippen LogP contribution in [0.1, 0.15) is 66.7 Å². The summed E-state index contributed by atoms with van der Waals surface area (Å²) in [4.78, 5) is 0. The maximum Gasteiger partial charge on any atom is 0.00695 e. The number of rotatable bonds is 8. The second kappa shape index (κ2) is 7.28. The fourth-order valence-electron chi connectivity index (χ4n) is 2.16. The van der Waals surface area contributed by atoms with Crippen molar-refractivity contribution < 1.29 is 0 Å². The van der Waals surface area contributed by atoms with Crippen LogP contribution in [0, 0.1) is 5.41 Å². The molecule has 0 aromatic carbocycles. The molecule has 0 aliphatic carbocycles. The Kier molecular flexibility index (Phi) is 7.26. The molecule has 0 aromatic heterocycles. The summed E-state index contributed by atoms with van der Waals surface area (Å²) >= 11 is 0. The van der Waals surface area contributed by atoms with Crippen LogP contribution >= 0.6 is 0 Å². The van der Waals surface area contributed by atoms with Crippen molar-refractivity contribution in [2.45, 2.75) is 72.8 Å². The van der Waals surface area contributed by atoms with Gasteiger partial charge in [0.1, 0.15) is 0 Å². The van der Waals surface area contributed by atoms with E-state index < -0.39 is 0 Å². The minimum Gasteiger partial charge on any atom is -0.314 e. The lowest BCUT2D eigenvalue weighted by molar-refractivity contribution is 0.255. The first-order valence-corrected chi connectivity index (χ1v) is 6.29. The van der Waals surface area contributed by atoms with Gasteiger partial charge in [-0.15, -0.1) is 0 Å². The van der Waals surface area contributed by atoms with E-state index in [1.807, 2.05) is 0 Å². The van der Waals surface area contributed by atoms with Gasteiger partial charge in [0.05, 0.1) is 0 Å². The fraction of sp³-hybridized carbons (Fsp3) is 1.00. The van der Waals surface area contributed by atoms with E-state index in [4.69, 9.17) is 0 Å². The highest BCUT2D eigenvalue weighted by Gasteiger charge is 2.20. The van der Waals surface area contributed by atoms with E-state index in [0.29, 0.717) is 5.41 Å². The molecule has 86 valence electrons. The summed E-state index contributed by atoms with van der Waals surface area (Å²) in [6, 6.07) is 0.719. The average Bonchev–Trinajstić information content (AvgIpc) is 2.12. The second-order valence-electron chi connectivity index (χ2n) is 5.18. The van der Waals surface area contributed by atoms with Gasteiger partial charge < -0.3 is 5.32 Å². The number of nitrogens with one attached hydrogen (secondary N) is 1. The molecule has 0 radical (unpaired) electrons. The van der Waals surface area contributed by atoms with E-state index in [1.54, 1.807) is 0 Å². The predicted molar refractivity (Wildman–Crippen MR) is 65.7 cm³/mol. The van der Waals surface area contributed by atoms with Crippen molar-refractivity contribution in [2.75, 3.05) is 6.54 Å². The minimum atomic E-state index is 0.510. The van der Waals surface area contributed by atoms with Crippen molar-refractivity contribution in [2.24, 2.45) is 5.41 Å². The van der Waals surface area contributed by atoms with Gasteiger partial charge in [-0.25, -0.2) is 0 Å². The van der Waals surface area contributed by atoms with Crippen LogP contribution in [-0.4, -0.2) is 12.6 Å². The Morgan fingerprint density at radius 2 is 1.71 bits per heavy atom. The van der Waals surface area contributed by atoms with E-state index in [9.17, 15) is 0 Å². The lowest BCUT2D eigenvalue weighted by Crippen LogP contribution is -2.33. The smallest absolute Gasteiger partial charge is 0.00695 e. The van der Waals surface area contributed by atoms with Gasteiger partial charge in [-0.05, 0) is 37.6 Å². The van der Waals surface area contributed by atoms with Crippen LogP contribution in [0.2, 0.25) is 0 Å². The quantitative estimate of drug-likeness (QED) is 0.623. The summed E-state index contributed by atoms with van der Waals surface area (Å²) in [7, 11) is 0. The standard InChI is InChI=1S/C13H29N/c1-6-9-13(4,5)11-12(8-3)14-10-7-2/h12,14H,6-11H2,1-5H3. The van der Waals surface area contributed by atoms with Crippen LogP contribution in [0.5, 0.6) is 0 Å². The Balaban J connectivity index is 3.89. The minimum absolute atomic E-state index is 0.510. The first-order chi connectivity index (χ1) is 6.55. The van der Waals surface area contributed by atoms with Crippen molar-refractivity contribution >= 4 is 0 Å². The molecule has 0 bridgehead atoms. The third-order valence-corrected chi connectivity index (χ3v) is 2.90. The Labute approximate surface area is 90.7 Å². The monoisotopic (exact) mass is 199 g/mol. The van der Waals surface area contributed by atoms with E-state index in [-0.39, 0.29) is 0 Å². The van der Waals surface area contributed by atoms with Gasteiger partial charge in [0.15, 0.2) is 0 Å². The van der Waals surface area contributed by atoms with Gasteiger partial charge in [0.2, 0.25) is 0 Å². The van der Waals surface area contributed by atoms with Gasteiger partial charge in [-0.2, -0.15) is 0 Å². The van der Waals surface area contributed by atoms with Crippen LogP contribution < -0.4 is 5.32 Å². The third-order valence-electron chi connectivity index (χ3n) is 2.90. The molecule has 0 rings (SSSR count). The molecule has 1 heteroatoms. The maximum atomic E-state index is 3.63. The fourth-order valence-corrected chi connectivity index (χ4v) is 2.16. The van der Waals surface area contributed by atoms with Crippen molar-refractivity contribution in [3.63, 3.8) is 0 Å². The summed E-state index contributed by atoms with van der Waals surface area (Å²) in [5.41, 5.74) is 0.510. The first kappa shape index (κ1) is 14.0. The SMILES string of the molecule is CCCNC(CC)CC(C)(C)CCC. The van der Waals surface area contributed by atoms with Crippen LogP contribution in [0.3, 0.4) is 0 Å². The number of hydrogen-bond donors (Lipinski definition) is 1. The average molecular weight is 199 g/mol. The van der Waals surface area contributed by atoms with Crippen LogP contribution in [0.25, 0.3) is 0 Å². The summed E-state index contributed by atoms with van der Waals surface area (Å²) in [5.74, 6) is 0. The van der Waals surface area contributed by atoms with Crippen LogP contribution in [0.4, 0.5) is 0 Å². The molecule has 0 spiro atoms.